The molecule has 5 rings (SSSR count). The van der Waals surface area contributed by atoms with E-state index in [9.17, 15) is 5.11 Å². The molecule has 5 fully saturated rings. The number of rotatable bonds is 3. The van der Waals surface area contributed by atoms with Crippen LogP contribution in [0.3, 0.4) is 0 Å². The van der Waals surface area contributed by atoms with Gasteiger partial charge in [-0.3, -0.25) is 0 Å². The summed E-state index contributed by atoms with van der Waals surface area (Å²) in [5.41, 5.74) is 0.646. The fourth-order valence-electron chi connectivity index (χ4n) is 5.88. The lowest BCUT2D eigenvalue weighted by atomic mass is 9.96. The average molecular weight is 271 g/mol. The largest absolute Gasteiger partial charge is 0.393 e. The van der Waals surface area contributed by atoms with E-state index in [2.05, 4.69) is 22.9 Å². The summed E-state index contributed by atoms with van der Waals surface area (Å²) in [6.07, 6.45) is 5.30. The van der Waals surface area contributed by atoms with E-state index in [1.54, 1.807) is 0 Å². The van der Waals surface area contributed by atoms with Gasteiger partial charge < -0.3 is 5.11 Å². The van der Waals surface area contributed by atoms with Crippen LogP contribution in [0.25, 0.3) is 0 Å². The number of hydrogen-bond donors (Lipinski definition) is 1. The van der Waals surface area contributed by atoms with Crippen molar-refractivity contribution in [2.24, 2.45) is 35.0 Å². The zero-order valence-electron chi connectivity index (χ0n) is 9.20. The molecule has 5 aliphatic carbocycles. The highest BCUT2D eigenvalue weighted by Gasteiger charge is 2.88. The Morgan fingerprint density at radius 2 is 2.13 bits per heavy atom. The van der Waals surface area contributed by atoms with E-state index in [4.69, 9.17) is 0 Å². The van der Waals surface area contributed by atoms with E-state index in [1.807, 2.05) is 0 Å². The lowest BCUT2D eigenvalue weighted by Crippen LogP contribution is -2.19. The summed E-state index contributed by atoms with van der Waals surface area (Å²) >= 11 is 3.98. The van der Waals surface area contributed by atoms with Gasteiger partial charge in [-0.1, -0.05) is 35.7 Å². The summed E-state index contributed by atoms with van der Waals surface area (Å²) in [7, 11) is 0. The Bertz CT molecular complexity index is 314. The molecule has 0 amide bonds. The first-order valence-corrected chi connectivity index (χ1v) is 7.47. The monoisotopic (exact) mass is 270 g/mol. The third kappa shape index (κ3) is 0.782. The third-order valence-electron chi connectivity index (χ3n) is 6.11. The molecule has 5 saturated carbocycles. The number of aliphatic hydroxyl groups excluding tert-OH is 1. The van der Waals surface area contributed by atoms with E-state index in [0.29, 0.717) is 11.3 Å². The number of halogens is 1. The Labute approximate surface area is 99.8 Å². The average Bonchev–Trinajstić information content (AvgIpc) is 2.47. The summed E-state index contributed by atoms with van der Waals surface area (Å²) in [6, 6.07) is 0. The van der Waals surface area contributed by atoms with Crippen molar-refractivity contribution in [3.63, 3.8) is 0 Å². The predicted octanol–water partition coefficient (Wildman–Crippen LogP) is 2.81. The standard InChI is InChI=1S/C13H19BrO/c1-2-3-4-13-10-6-5-7(15)9(11(10)13)8(6)12(13)14/h6-12,15H,2-5H2,1H3/t6-,7-,8-,9+,10+,11-,12+,13+/m0/s1. The first-order chi connectivity index (χ1) is 7.23. The minimum atomic E-state index is 0.0484. The SMILES string of the molecule is CCCC[C@]12[C@@H]3[C@H]4C[C@H](O)[C@H]([C@H]4[C@H]1Br)[C@@H]32. The fourth-order valence-corrected chi connectivity index (χ4v) is 7.46. The van der Waals surface area contributed by atoms with Crippen LogP contribution in [-0.4, -0.2) is 16.0 Å². The van der Waals surface area contributed by atoms with Crippen molar-refractivity contribution >= 4 is 15.9 Å². The van der Waals surface area contributed by atoms with Crippen molar-refractivity contribution in [1.82, 2.24) is 0 Å². The normalized spacial score (nSPS) is 67.8. The molecule has 6 bridgehead atoms. The summed E-state index contributed by atoms with van der Waals surface area (Å²) in [5, 5.41) is 10.1. The molecule has 0 aromatic rings. The smallest absolute Gasteiger partial charge is 0.0577 e. The first kappa shape index (κ1) is 9.47. The van der Waals surface area contributed by atoms with E-state index in [0.717, 1.165) is 34.9 Å². The highest BCUT2D eigenvalue weighted by atomic mass is 79.9. The summed E-state index contributed by atoms with van der Waals surface area (Å²) in [4.78, 5) is 0.749. The second-order valence-electron chi connectivity index (χ2n) is 6.29. The van der Waals surface area contributed by atoms with Gasteiger partial charge in [0.05, 0.1) is 6.10 Å². The van der Waals surface area contributed by atoms with Gasteiger partial charge >= 0.3 is 0 Å². The van der Waals surface area contributed by atoms with Crippen molar-refractivity contribution in [1.29, 1.82) is 0 Å². The van der Waals surface area contributed by atoms with Crippen LogP contribution in [0, 0.1) is 35.0 Å². The van der Waals surface area contributed by atoms with E-state index in [-0.39, 0.29) is 6.10 Å². The van der Waals surface area contributed by atoms with Crippen molar-refractivity contribution in [2.45, 2.75) is 43.5 Å². The van der Waals surface area contributed by atoms with Gasteiger partial charge in [-0.25, -0.2) is 0 Å². The van der Waals surface area contributed by atoms with Crippen LogP contribution in [-0.2, 0) is 0 Å². The third-order valence-corrected chi connectivity index (χ3v) is 7.57. The minimum absolute atomic E-state index is 0.0484. The molecule has 0 aromatic carbocycles. The molecule has 5 aliphatic rings. The second kappa shape index (κ2) is 2.64. The molecule has 0 saturated heterocycles. The second-order valence-corrected chi connectivity index (χ2v) is 7.28. The first-order valence-electron chi connectivity index (χ1n) is 6.55. The molecule has 0 aliphatic heterocycles. The number of alkyl halides is 1. The van der Waals surface area contributed by atoms with Gasteiger partial charge in [-0.15, -0.1) is 0 Å². The fraction of sp³-hybridized carbons (Fsp3) is 1.00. The van der Waals surface area contributed by atoms with Crippen LogP contribution < -0.4 is 0 Å². The van der Waals surface area contributed by atoms with Gasteiger partial charge in [0.25, 0.3) is 0 Å². The molecule has 15 heavy (non-hydrogen) atoms. The van der Waals surface area contributed by atoms with E-state index >= 15 is 0 Å². The van der Waals surface area contributed by atoms with E-state index < -0.39 is 0 Å². The number of hydrogen-bond acceptors (Lipinski definition) is 1. The zero-order chi connectivity index (χ0) is 10.4. The van der Waals surface area contributed by atoms with Crippen molar-refractivity contribution in [2.75, 3.05) is 0 Å². The van der Waals surface area contributed by atoms with Crippen LogP contribution >= 0.6 is 15.9 Å². The van der Waals surface area contributed by atoms with Crippen molar-refractivity contribution < 1.29 is 5.11 Å². The molecule has 0 heterocycles. The Morgan fingerprint density at radius 1 is 1.33 bits per heavy atom. The molecule has 2 heteroatoms. The highest BCUT2D eigenvalue weighted by Crippen LogP contribution is 2.89. The van der Waals surface area contributed by atoms with E-state index in [1.165, 1.54) is 19.3 Å². The quantitative estimate of drug-likeness (QED) is 0.783. The highest BCUT2D eigenvalue weighted by molar-refractivity contribution is 9.09. The molecular formula is C13H19BrO. The van der Waals surface area contributed by atoms with Crippen LogP contribution in [0.4, 0.5) is 0 Å². The predicted molar refractivity (Wildman–Crippen MR) is 62.7 cm³/mol. The van der Waals surface area contributed by atoms with Crippen LogP contribution in [0.1, 0.15) is 32.6 Å². The van der Waals surface area contributed by atoms with Gasteiger partial charge in [0.1, 0.15) is 0 Å². The van der Waals surface area contributed by atoms with Gasteiger partial charge in [0.2, 0.25) is 0 Å². The molecular weight excluding hydrogens is 252 g/mol. The molecule has 0 radical (unpaired) electrons. The molecule has 0 aromatic heterocycles. The van der Waals surface area contributed by atoms with Gasteiger partial charge in [0.15, 0.2) is 0 Å². The molecule has 1 N–H and O–H groups in total. The lowest BCUT2D eigenvalue weighted by Gasteiger charge is -2.17. The van der Waals surface area contributed by atoms with Crippen LogP contribution in [0.15, 0.2) is 0 Å². The Hall–Kier alpha value is 0.440. The zero-order valence-corrected chi connectivity index (χ0v) is 10.8. The molecule has 1 nitrogen and oxygen atoms in total. The molecule has 8 atom stereocenters. The summed E-state index contributed by atoms with van der Waals surface area (Å²) in [6.45, 7) is 2.29. The lowest BCUT2D eigenvalue weighted by molar-refractivity contribution is 0.104. The number of aliphatic hydroxyl groups is 1. The summed E-state index contributed by atoms with van der Waals surface area (Å²) in [5.74, 6) is 4.32. The maximum absolute atomic E-state index is 10.1. The maximum Gasteiger partial charge on any atom is 0.0577 e. The van der Waals surface area contributed by atoms with Crippen LogP contribution in [0.5, 0.6) is 0 Å². The Balaban J connectivity index is 1.67. The maximum atomic E-state index is 10.1. The Kier molecular flexibility index (Phi) is 1.67. The van der Waals surface area contributed by atoms with Crippen molar-refractivity contribution in [3.8, 4) is 0 Å². The molecule has 0 spiro atoms. The van der Waals surface area contributed by atoms with Gasteiger partial charge in [-0.2, -0.15) is 0 Å². The topological polar surface area (TPSA) is 20.2 Å². The Morgan fingerprint density at radius 3 is 2.73 bits per heavy atom. The van der Waals surface area contributed by atoms with Crippen molar-refractivity contribution in [3.05, 3.63) is 0 Å². The molecule has 84 valence electrons. The van der Waals surface area contributed by atoms with Gasteiger partial charge in [-0.05, 0) is 47.8 Å². The number of unbranched alkanes of at least 4 members (excludes halogenated alkanes) is 1. The van der Waals surface area contributed by atoms with Crippen LogP contribution in [0.2, 0.25) is 0 Å². The summed E-state index contributed by atoms with van der Waals surface area (Å²) < 4.78 is 0. The minimum Gasteiger partial charge on any atom is -0.393 e. The molecule has 0 unspecified atom stereocenters. The van der Waals surface area contributed by atoms with Gasteiger partial charge in [0, 0.05) is 4.83 Å².